The topological polar surface area (TPSA) is 40.9 Å². The van der Waals surface area contributed by atoms with E-state index in [9.17, 15) is 23.2 Å². The molecule has 2 rings (SSSR count). The molecule has 2 aromatic carbocycles. The van der Waals surface area contributed by atoms with Crippen molar-refractivity contribution in [3.8, 4) is 6.07 Å². The minimum Gasteiger partial charge on any atom is -0.294 e. The van der Waals surface area contributed by atoms with E-state index in [2.05, 4.69) is 0 Å². The van der Waals surface area contributed by atoms with Gasteiger partial charge in [-0.05, 0) is 36.8 Å². The average Bonchev–Trinajstić information content (AvgIpc) is 2.50. The summed E-state index contributed by atoms with van der Waals surface area (Å²) >= 11 is 11.6. The number of ketones is 1. The fourth-order valence-corrected chi connectivity index (χ4v) is 3.02. The van der Waals surface area contributed by atoms with Gasteiger partial charge in [-0.2, -0.15) is 18.4 Å². The summed E-state index contributed by atoms with van der Waals surface area (Å²) in [5.74, 6) is -0.793. The fraction of sp³-hybridized carbons (Fsp3) is 0.222. The number of aryl methyl sites for hydroxylation is 1. The predicted octanol–water partition coefficient (Wildman–Crippen LogP) is 5.90. The highest BCUT2D eigenvalue weighted by Gasteiger charge is 2.58. The maximum atomic E-state index is 13.8. The van der Waals surface area contributed by atoms with Crippen LogP contribution in [0, 0.1) is 18.3 Å². The lowest BCUT2D eigenvalue weighted by Crippen LogP contribution is -2.43. The molecular formula is C18H12Cl2F3NO. The van der Waals surface area contributed by atoms with Gasteiger partial charge in [-0.15, -0.1) is 0 Å². The highest BCUT2D eigenvalue weighted by molar-refractivity contribution is 6.34. The van der Waals surface area contributed by atoms with Crippen LogP contribution in [0.1, 0.15) is 27.9 Å². The number of hydrogen-bond donors (Lipinski definition) is 0. The van der Waals surface area contributed by atoms with E-state index in [1.807, 2.05) is 0 Å². The van der Waals surface area contributed by atoms with Crippen LogP contribution >= 0.6 is 23.2 Å². The van der Waals surface area contributed by atoms with Crippen LogP contribution in [0.15, 0.2) is 42.5 Å². The van der Waals surface area contributed by atoms with E-state index in [1.165, 1.54) is 24.3 Å². The van der Waals surface area contributed by atoms with Crippen molar-refractivity contribution < 1.29 is 18.0 Å². The Morgan fingerprint density at radius 3 is 2.20 bits per heavy atom. The molecule has 0 aliphatic rings. The van der Waals surface area contributed by atoms with Gasteiger partial charge in [-0.3, -0.25) is 4.79 Å². The SMILES string of the molecule is Cc1cccc(C(=O)C[C@](C#N)(c2cc(Cl)cc(Cl)c2)C(F)(F)F)c1. The molecule has 0 aliphatic carbocycles. The van der Waals surface area contributed by atoms with Crippen molar-refractivity contribution in [3.05, 3.63) is 69.2 Å². The first-order chi connectivity index (χ1) is 11.6. The van der Waals surface area contributed by atoms with Crippen molar-refractivity contribution in [2.24, 2.45) is 0 Å². The lowest BCUT2D eigenvalue weighted by Gasteiger charge is -2.29. The Bertz CT molecular complexity index is 838. The maximum Gasteiger partial charge on any atom is 0.411 e. The molecule has 0 aromatic heterocycles. The second kappa shape index (κ2) is 7.07. The second-order valence-corrected chi connectivity index (χ2v) is 6.52. The van der Waals surface area contributed by atoms with E-state index in [4.69, 9.17) is 23.2 Å². The van der Waals surface area contributed by atoms with Crippen LogP contribution in [0.3, 0.4) is 0 Å². The van der Waals surface area contributed by atoms with Crippen molar-refractivity contribution in [2.45, 2.75) is 24.9 Å². The lowest BCUT2D eigenvalue weighted by atomic mass is 9.76. The number of nitrogens with zero attached hydrogens (tertiary/aromatic N) is 1. The number of hydrogen-bond acceptors (Lipinski definition) is 2. The van der Waals surface area contributed by atoms with Gasteiger partial charge in [0.25, 0.3) is 0 Å². The zero-order valence-corrected chi connectivity index (χ0v) is 14.5. The number of Topliss-reactive ketones (excluding diaryl/α,β-unsaturated/α-hetero) is 1. The van der Waals surface area contributed by atoms with Crippen molar-refractivity contribution >= 4 is 29.0 Å². The van der Waals surface area contributed by atoms with Gasteiger partial charge in [0.05, 0.1) is 6.07 Å². The van der Waals surface area contributed by atoms with Crippen molar-refractivity contribution in [1.29, 1.82) is 5.26 Å². The highest BCUT2D eigenvalue weighted by Crippen LogP contribution is 2.45. The molecule has 0 saturated heterocycles. The molecule has 0 heterocycles. The third-order valence-corrected chi connectivity index (χ3v) is 4.23. The number of benzene rings is 2. The minimum absolute atomic E-state index is 0.0469. The summed E-state index contributed by atoms with van der Waals surface area (Å²) in [4.78, 5) is 12.4. The van der Waals surface area contributed by atoms with Gasteiger partial charge in [-0.25, -0.2) is 0 Å². The first-order valence-corrected chi connectivity index (χ1v) is 7.89. The number of carbonyl (C=O) groups is 1. The van der Waals surface area contributed by atoms with E-state index < -0.39 is 29.4 Å². The molecule has 25 heavy (non-hydrogen) atoms. The smallest absolute Gasteiger partial charge is 0.294 e. The van der Waals surface area contributed by atoms with Crippen LogP contribution < -0.4 is 0 Å². The largest absolute Gasteiger partial charge is 0.411 e. The van der Waals surface area contributed by atoms with Gasteiger partial charge in [0.15, 0.2) is 11.2 Å². The molecule has 0 saturated carbocycles. The summed E-state index contributed by atoms with van der Waals surface area (Å²) < 4.78 is 41.5. The molecule has 2 aromatic rings. The second-order valence-electron chi connectivity index (χ2n) is 5.64. The molecule has 0 bridgehead atoms. The molecule has 130 valence electrons. The summed E-state index contributed by atoms with van der Waals surface area (Å²) in [6, 6.07) is 10.7. The number of carbonyl (C=O) groups excluding carboxylic acids is 1. The zero-order valence-electron chi connectivity index (χ0n) is 13.0. The molecule has 0 radical (unpaired) electrons. The minimum atomic E-state index is -4.99. The molecule has 0 N–H and O–H groups in total. The molecule has 0 unspecified atom stereocenters. The van der Waals surface area contributed by atoms with Gasteiger partial charge in [-0.1, -0.05) is 47.0 Å². The average molecular weight is 386 g/mol. The normalized spacial score (nSPS) is 13.8. The Morgan fingerprint density at radius 1 is 1.12 bits per heavy atom. The molecule has 7 heteroatoms. The Kier molecular flexibility index (Phi) is 5.46. The maximum absolute atomic E-state index is 13.8. The van der Waals surface area contributed by atoms with Crippen LogP contribution in [0.5, 0.6) is 0 Å². The summed E-state index contributed by atoms with van der Waals surface area (Å²) in [5, 5.41) is 9.30. The Morgan fingerprint density at radius 2 is 1.72 bits per heavy atom. The first-order valence-electron chi connectivity index (χ1n) is 7.13. The Hall–Kier alpha value is -2.03. The van der Waals surface area contributed by atoms with Gasteiger partial charge in [0.2, 0.25) is 0 Å². The molecule has 1 atom stereocenters. The number of alkyl halides is 3. The van der Waals surface area contributed by atoms with E-state index in [0.29, 0.717) is 0 Å². The van der Waals surface area contributed by atoms with Crippen molar-refractivity contribution in [3.63, 3.8) is 0 Å². The molecule has 2 nitrogen and oxygen atoms in total. The Balaban J connectivity index is 2.57. The van der Waals surface area contributed by atoms with Crippen molar-refractivity contribution in [1.82, 2.24) is 0 Å². The Labute approximate surface area is 152 Å². The van der Waals surface area contributed by atoms with Crippen LogP contribution in [-0.2, 0) is 5.41 Å². The van der Waals surface area contributed by atoms with E-state index in [1.54, 1.807) is 19.1 Å². The van der Waals surface area contributed by atoms with E-state index >= 15 is 0 Å². The van der Waals surface area contributed by atoms with Crippen LogP contribution in [-0.4, -0.2) is 12.0 Å². The van der Waals surface area contributed by atoms with Gasteiger partial charge < -0.3 is 0 Å². The molecule has 0 amide bonds. The van der Waals surface area contributed by atoms with E-state index in [-0.39, 0.29) is 15.6 Å². The summed E-state index contributed by atoms with van der Waals surface area (Å²) in [6.45, 7) is 1.72. The summed E-state index contributed by atoms with van der Waals surface area (Å²) in [5.41, 5.74) is -2.66. The summed E-state index contributed by atoms with van der Waals surface area (Å²) in [7, 11) is 0. The fourth-order valence-electron chi connectivity index (χ4n) is 2.50. The highest BCUT2D eigenvalue weighted by atomic mass is 35.5. The third kappa shape index (κ3) is 3.97. The van der Waals surface area contributed by atoms with E-state index in [0.717, 1.165) is 17.7 Å². The number of nitriles is 1. The van der Waals surface area contributed by atoms with Crippen LogP contribution in [0.4, 0.5) is 13.2 Å². The predicted molar refractivity (Wildman–Crippen MR) is 89.9 cm³/mol. The molecular weight excluding hydrogens is 374 g/mol. The van der Waals surface area contributed by atoms with Crippen LogP contribution in [0.2, 0.25) is 10.0 Å². The number of halogens is 5. The molecule has 0 aliphatic heterocycles. The lowest BCUT2D eigenvalue weighted by molar-refractivity contribution is -0.172. The standard InChI is InChI=1S/C18H12Cl2F3NO/c1-11-3-2-4-12(5-11)16(25)9-17(10-24,18(21,22)23)13-6-14(19)8-15(20)7-13/h2-8H,9H2,1H3/t17-/m0/s1. The quantitative estimate of drug-likeness (QED) is 0.614. The monoisotopic (exact) mass is 385 g/mol. The van der Waals surface area contributed by atoms with Crippen molar-refractivity contribution in [2.75, 3.05) is 0 Å². The summed E-state index contributed by atoms with van der Waals surface area (Å²) in [6.07, 6.45) is -6.05. The first kappa shape index (κ1) is 19.3. The van der Waals surface area contributed by atoms with Gasteiger partial charge in [0.1, 0.15) is 0 Å². The molecule has 0 fully saturated rings. The number of rotatable bonds is 4. The molecule has 0 spiro atoms. The van der Waals surface area contributed by atoms with Gasteiger partial charge >= 0.3 is 6.18 Å². The zero-order chi connectivity index (χ0) is 18.8. The third-order valence-electron chi connectivity index (χ3n) is 3.80. The van der Waals surface area contributed by atoms with Crippen LogP contribution in [0.25, 0.3) is 0 Å². The van der Waals surface area contributed by atoms with Gasteiger partial charge in [0, 0.05) is 22.0 Å².